The van der Waals surface area contributed by atoms with Gasteiger partial charge >= 0.3 is 0 Å². The van der Waals surface area contributed by atoms with Gasteiger partial charge in [-0.2, -0.15) is 0 Å². The molecule has 0 unspecified atom stereocenters. The molecule has 0 saturated heterocycles. The van der Waals surface area contributed by atoms with Crippen LogP contribution in [0.4, 0.5) is 0 Å². The topological polar surface area (TPSA) is 25.8 Å². The van der Waals surface area contributed by atoms with E-state index in [4.69, 9.17) is 0 Å². The lowest BCUT2D eigenvalue weighted by atomic mass is 9.82. The van der Waals surface area contributed by atoms with Crippen LogP contribution < -0.4 is 0 Å². The second kappa shape index (κ2) is 9.69. The van der Waals surface area contributed by atoms with E-state index in [0.717, 1.165) is 0 Å². The Kier molecular flexibility index (Phi) is 5.31. The van der Waals surface area contributed by atoms with E-state index < -0.39 is 0 Å². The Balaban J connectivity index is 1.40. The summed E-state index contributed by atoms with van der Waals surface area (Å²) in [5.74, 6) is 0. The van der Waals surface area contributed by atoms with Gasteiger partial charge in [-0.1, -0.05) is 91.0 Å². The van der Waals surface area contributed by atoms with E-state index in [0.29, 0.717) is 0 Å². The monoisotopic (exact) mass is 582 g/mol. The molecule has 0 spiro atoms. The second-order valence-corrected chi connectivity index (χ2v) is 12.2. The molecule has 7 aromatic carbocycles. The van der Waals surface area contributed by atoms with Crippen LogP contribution in [0.5, 0.6) is 0 Å². The fourth-order valence-electron chi connectivity index (χ4n) is 7.78. The van der Waals surface area contributed by atoms with Crippen molar-refractivity contribution in [2.24, 2.45) is 0 Å². The first-order chi connectivity index (χ1) is 22.8. The van der Waals surface area contributed by atoms with Gasteiger partial charge in [-0.25, -0.2) is 0 Å². The highest BCUT2D eigenvalue weighted by molar-refractivity contribution is 6.31. The zero-order chi connectivity index (χ0) is 30.2. The molecular weight excluding hydrogens is 556 g/mol. The third-order valence-electron chi connectivity index (χ3n) is 9.75. The van der Waals surface area contributed by atoms with Crippen molar-refractivity contribution in [1.29, 1.82) is 0 Å². The first kappa shape index (κ1) is 25.2. The number of hydrogen-bond donors (Lipinski definition) is 0. The van der Waals surface area contributed by atoms with E-state index in [1.54, 1.807) is 0 Å². The average Bonchev–Trinajstić information content (AvgIpc) is 3.45. The van der Waals surface area contributed by atoms with E-state index >= 15 is 0 Å². The molecule has 1 aliphatic carbocycles. The van der Waals surface area contributed by atoms with Crippen LogP contribution in [0.3, 0.4) is 0 Å². The van der Waals surface area contributed by atoms with Crippen molar-refractivity contribution in [2.75, 3.05) is 0 Å². The van der Waals surface area contributed by atoms with Gasteiger partial charge in [0.25, 0.3) is 0 Å². The number of benzene rings is 7. The van der Waals surface area contributed by atoms with Crippen molar-refractivity contribution in [3.8, 4) is 55.6 Å². The van der Waals surface area contributed by atoms with Crippen LogP contribution in [0.25, 0.3) is 98.7 Å². The van der Waals surface area contributed by atoms with Crippen molar-refractivity contribution in [2.45, 2.75) is 0 Å². The summed E-state index contributed by atoms with van der Waals surface area (Å²) in [5.41, 5.74) is 12.4. The van der Waals surface area contributed by atoms with Crippen molar-refractivity contribution >= 4 is 43.1 Å². The molecule has 2 heterocycles. The fraction of sp³-hybridized carbons (Fsp3) is 0. The van der Waals surface area contributed by atoms with Crippen LogP contribution in [-0.4, -0.2) is 9.97 Å². The molecule has 0 atom stereocenters. The van der Waals surface area contributed by atoms with Gasteiger partial charge in [-0.15, -0.1) is 0 Å². The number of nitrogens with zero attached hydrogens (tertiary/aromatic N) is 2. The minimum absolute atomic E-state index is 1.17. The lowest BCUT2D eigenvalue weighted by Crippen LogP contribution is -1.94. The summed E-state index contributed by atoms with van der Waals surface area (Å²) in [7, 11) is 0. The maximum absolute atomic E-state index is 4.41. The largest absolute Gasteiger partial charge is 0.265 e. The van der Waals surface area contributed by atoms with Gasteiger partial charge in [0.2, 0.25) is 0 Å². The van der Waals surface area contributed by atoms with Crippen LogP contribution in [0.1, 0.15) is 0 Å². The lowest BCUT2D eigenvalue weighted by Gasteiger charge is -2.21. The molecule has 2 nitrogen and oxygen atoms in total. The van der Waals surface area contributed by atoms with E-state index in [1.165, 1.54) is 98.7 Å². The van der Waals surface area contributed by atoms with Crippen LogP contribution in [0.15, 0.2) is 158 Å². The molecular formula is C44H26N2. The summed E-state index contributed by atoms with van der Waals surface area (Å²) in [6.45, 7) is 0. The number of rotatable bonds is 3. The average molecular weight is 583 g/mol. The molecule has 2 aromatic heterocycles. The number of fused-ring (bicyclic) bond motifs is 7. The zero-order valence-electron chi connectivity index (χ0n) is 24.9. The minimum Gasteiger partial charge on any atom is -0.265 e. The predicted molar refractivity (Wildman–Crippen MR) is 193 cm³/mol. The van der Waals surface area contributed by atoms with Crippen LogP contribution in [0.2, 0.25) is 0 Å². The van der Waals surface area contributed by atoms with Crippen LogP contribution in [0, 0.1) is 0 Å². The maximum Gasteiger partial charge on any atom is 0.0273 e. The highest BCUT2D eigenvalue weighted by Gasteiger charge is 2.31. The summed E-state index contributed by atoms with van der Waals surface area (Å²) in [5, 5.41) is 10.1. The summed E-state index contributed by atoms with van der Waals surface area (Å²) in [6, 6.07) is 49.0. The Labute approximate surface area is 266 Å². The van der Waals surface area contributed by atoms with E-state index in [1.807, 2.05) is 24.8 Å². The Morgan fingerprint density at radius 1 is 0.304 bits per heavy atom. The fourth-order valence-corrected chi connectivity index (χ4v) is 7.78. The van der Waals surface area contributed by atoms with E-state index in [-0.39, 0.29) is 0 Å². The first-order valence-corrected chi connectivity index (χ1v) is 15.7. The van der Waals surface area contributed by atoms with Crippen LogP contribution in [-0.2, 0) is 0 Å². The Bertz CT molecular complexity index is 2670. The third kappa shape index (κ3) is 3.59. The molecule has 0 amide bonds. The third-order valence-corrected chi connectivity index (χ3v) is 9.75. The van der Waals surface area contributed by atoms with Crippen molar-refractivity contribution < 1.29 is 0 Å². The Morgan fingerprint density at radius 2 is 0.913 bits per heavy atom. The molecule has 9 aromatic rings. The molecule has 212 valence electrons. The van der Waals surface area contributed by atoms with Gasteiger partial charge in [0.05, 0.1) is 0 Å². The standard InChI is InChI=1S/C44H26N2/c1-2-7-30-24-31(13-12-27(30)6-1)32-14-15-36-38(25-32)41(29-18-22-46-23-19-29)43-37-11-5-10-35-34-9-4-3-8-33(34)26-39(42(35)37)44(43)40(36)28-16-20-45-21-17-28/h1-26H. The molecule has 0 bridgehead atoms. The van der Waals surface area contributed by atoms with Crippen molar-refractivity contribution in [3.63, 3.8) is 0 Å². The SMILES string of the molecule is c1ccc2cc(-c3ccc4c(-c5ccncc5)c5c(c(-c6ccncc6)c4c3)-c3cccc4c3c-5cc3ccccc34)ccc2c1. The van der Waals surface area contributed by atoms with Gasteiger partial charge < -0.3 is 0 Å². The maximum atomic E-state index is 4.41. The minimum atomic E-state index is 1.17. The van der Waals surface area contributed by atoms with Crippen molar-refractivity contribution in [1.82, 2.24) is 9.97 Å². The number of hydrogen-bond acceptors (Lipinski definition) is 2. The van der Waals surface area contributed by atoms with Crippen LogP contribution >= 0.6 is 0 Å². The summed E-state index contributed by atoms with van der Waals surface area (Å²) in [4.78, 5) is 8.81. The molecule has 0 N–H and O–H groups in total. The Morgan fingerprint density at radius 3 is 1.70 bits per heavy atom. The Hall–Kier alpha value is -6.12. The highest BCUT2D eigenvalue weighted by Crippen LogP contribution is 2.58. The van der Waals surface area contributed by atoms with Gasteiger partial charge in [-0.05, 0) is 141 Å². The van der Waals surface area contributed by atoms with Gasteiger partial charge in [-0.3, -0.25) is 9.97 Å². The number of aromatic nitrogens is 2. The highest BCUT2D eigenvalue weighted by atomic mass is 14.6. The van der Waals surface area contributed by atoms with E-state index in [2.05, 4.69) is 143 Å². The molecule has 46 heavy (non-hydrogen) atoms. The van der Waals surface area contributed by atoms with Crippen molar-refractivity contribution in [3.05, 3.63) is 158 Å². The molecule has 0 fully saturated rings. The number of pyridine rings is 2. The molecule has 2 heteroatoms. The lowest BCUT2D eigenvalue weighted by molar-refractivity contribution is 1.33. The predicted octanol–water partition coefficient (Wildman–Crippen LogP) is 11.7. The van der Waals surface area contributed by atoms with Gasteiger partial charge in [0, 0.05) is 24.8 Å². The molecule has 0 aliphatic heterocycles. The summed E-state index contributed by atoms with van der Waals surface area (Å²) < 4.78 is 0. The molecule has 1 aliphatic rings. The second-order valence-electron chi connectivity index (χ2n) is 12.2. The molecule has 0 saturated carbocycles. The normalized spacial score (nSPS) is 11.9. The summed E-state index contributed by atoms with van der Waals surface area (Å²) in [6.07, 6.45) is 7.64. The summed E-state index contributed by atoms with van der Waals surface area (Å²) >= 11 is 0. The van der Waals surface area contributed by atoms with E-state index in [9.17, 15) is 0 Å². The zero-order valence-corrected chi connectivity index (χ0v) is 24.9. The quantitative estimate of drug-likeness (QED) is 0.194. The molecule has 10 rings (SSSR count). The smallest absolute Gasteiger partial charge is 0.0273 e. The van der Waals surface area contributed by atoms with Gasteiger partial charge in [0.15, 0.2) is 0 Å². The first-order valence-electron chi connectivity index (χ1n) is 15.7. The molecule has 0 radical (unpaired) electrons. The van der Waals surface area contributed by atoms with Gasteiger partial charge in [0.1, 0.15) is 0 Å².